The number of thiophene rings is 1. The van der Waals surface area contributed by atoms with Crippen LogP contribution in [0.4, 0.5) is 5.00 Å². The SMILES string of the molecule is CCc1cc([C@H](c2ccccn2)[NH+]2CC[NH+](C)CC2)c(NC(=O)c2ccccc2)s1. The van der Waals surface area contributed by atoms with E-state index in [0.717, 1.165) is 43.3 Å². The summed E-state index contributed by atoms with van der Waals surface area (Å²) in [6.07, 6.45) is 2.83. The molecule has 3 heterocycles. The van der Waals surface area contributed by atoms with Crippen LogP contribution in [0.25, 0.3) is 0 Å². The van der Waals surface area contributed by atoms with Gasteiger partial charge in [-0.1, -0.05) is 31.2 Å². The molecule has 5 nitrogen and oxygen atoms in total. The zero-order chi connectivity index (χ0) is 20.9. The van der Waals surface area contributed by atoms with Gasteiger partial charge in [0.1, 0.15) is 36.9 Å². The maximum Gasteiger partial charge on any atom is 0.256 e. The summed E-state index contributed by atoms with van der Waals surface area (Å²) in [6, 6.07) is 18.0. The van der Waals surface area contributed by atoms with Crippen LogP contribution in [0.1, 0.15) is 39.5 Å². The first kappa shape index (κ1) is 20.7. The van der Waals surface area contributed by atoms with E-state index in [2.05, 4.69) is 37.5 Å². The van der Waals surface area contributed by atoms with E-state index in [1.54, 1.807) is 16.2 Å². The van der Waals surface area contributed by atoms with Crippen molar-refractivity contribution >= 4 is 22.2 Å². The first-order valence-corrected chi connectivity index (χ1v) is 11.5. The van der Waals surface area contributed by atoms with E-state index in [9.17, 15) is 4.79 Å². The van der Waals surface area contributed by atoms with Gasteiger partial charge in [-0.2, -0.15) is 0 Å². The Morgan fingerprint density at radius 3 is 2.50 bits per heavy atom. The molecule has 0 unspecified atom stereocenters. The number of hydrogen-bond acceptors (Lipinski definition) is 3. The Balaban J connectivity index is 1.71. The number of piperazine rings is 1. The number of likely N-dealkylation sites (N-methyl/N-ethyl adjacent to an activating group) is 1. The lowest BCUT2D eigenvalue weighted by molar-refractivity contribution is -1.02. The van der Waals surface area contributed by atoms with Gasteiger partial charge in [0.05, 0.1) is 12.6 Å². The van der Waals surface area contributed by atoms with Crippen LogP contribution in [0, 0.1) is 0 Å². The minimum Gasteiger partial charge on any atom is -0.328 e. The average Bonchev–Trinajstić information content (AvgIpc) is 3.19. The van der Waals surface area contributed by atoms with Crippen LogP contribution < -0.4 is 15.1 Å². The smallest absolute Gasteiger partial charge is 0.256 e. The Labute approximate surface area is 182 Å². The zero-order valence-corrected chi connectivity index (χ0v) is 18.5. The van der Waals surface area contributed by atoms with Crippen LogP contribution in [0.2, 0.25) is 0 Å². The quantitative estimate of drug-likeness (QED) is 0.563. The summed E-state index contributed by atoms with van der Waals surface area (Å²) in [7, 11) is 2.26. The van der Waals surface area contributed by atoms with E-state index in [1.165, 1.54) is 15.3 Å². The van der Waals surface area contributed by atoms with Crippen LogP contribution in [-0.2, 0) is 6.42 Å². The molecule has 4 rings (SSSR count). The van der Waals surface area contributed by atoms with Gasteiger partial charge in [-0.05, 0) is 36.8 Å². The van der Waals surface area contributed by atoms with Crippen molar-refractivity contribution in [2.24, 2.45) is 0 Å². The molecule has 1 aromatic carbocycles. The van der Waals surface area contributed by atoms with Crippen molar-refractivity contribution in [1.82, 2.24) is 4.98 Å². The van der Waals surface area contributed by atoms with Crippen molar-refractivity contribution in [3.05, 3.63) is 82.5 Å². The molecular formula is C24H30N4OS+2. The molecule has 3 N–H and O–H groups in total. The number of anilines is 1. The van der Waals surface area contributed by atoms with Gasteiger partial charge in [0.25, 0.3) is 5.91 Å². The second kappa shape index (κ2) is 9.51. The van der Waals surface area contributed by atoms with Crippen LogP contribution in [0.5, 0.6) is 0 Å². The molecule has 0 bridgehead atoms. The summed E-state index contributed by atoms with van der Waals surface area (Å²) in [5.41, 5.74) is 2.94. The minimum atomic E-state index is -0.0565. The molecule has 1 fully saturated rings. The highest BCUT2D eigenvalue weighted by Gasteiger charge is 2.34. The van der Waals surface area contributed by atoms with Gasteiger partial charge in [-0.25, -0.2) is 0 Å². The molecule has 156 valence electrons. The summed E-state index contributed by atoms with van der Waals surface area (Å²) in [4.78, 5) is 22.0. The summed E-state index contributed by atoms with van der Waals surface area (Å²) in [5, 5.41) is 4.17. The van der Waals surface area contributed by atoms with Gasteiger partial charge in [0.2, 0.25) is 0 Å². The summed E-state index contributed by atoms with van der Waals surface area (Å²) >= 11 is 1.69. The number of nitrogens with one attached hydrogen (secondary N) is 3. The number of aromatic nitrogens is 1. The van der Waals surface area contributed by atoms with E-state index in [0.29, 0.717) is 5.56 Å². The van der Waals surface area contributed by atoms with Gasteiger partial charge in [-0.15, -0.1) is 11.3 Å². The molecule has 1 aliphatic rings. The van der Waals surface area contributed by atoms with Crippen LogP contribution in [0.3, 0.4) is 0 Å². The number of amides is 1. The second-order valence-electron chi connectivity index (χ2n) is 7.97. The largest absolute Gasteiger partial charge is 0.328 e. The highest BCUT2D eigenvalue weighted by molar-refractivity contribution is 7.16. The number of nitrogens with zero attached hydrogens (tertiary/aromatic N) is 1. The van der Waals surface area contributed by atoms with Crippen molar-refractivity contribution < 1.29 is 14.6 Å². The molecular weight excluding hydrogens is 392 g/mol. The van der Waals surface area contributed by atoms with Gasteiger partial charge >= 0.3 is 0 Å². The van der Waals surface area contributed by atoms with E-state index in [-0.39, 0.29) is 11.9 Å². The Bertz CT molecular complexity index is 965. The fraction of sp³-hybridized carbons (Fsp3) is 0.333. The van der Waals surface area contributed by atoms with Crippen molar-refractivity contribution in [2.45, 2.75) is 19.4 Å². The molecule has 6 heteroatoms. The van der Waals surface area contributed by atoms with E-state index < -0.39 is 0 Å². The number of quaternary nitrogens is 2. The number of benzene rings is 1. The lowest BCUT2D eigenvalue weighted by atomic mass is 10.0. The number of aryl methyl sites for hydroxylation is 1. The van der Waals surface area contributed by atoms with Gasteiger partial charge in [0.15, 0.2) is 6.04 Å². The standard InChI is InChI=1S/C24H28N4OS/c1-3-19-17-20(24(30-19)26-23(29)18-9-5-4-6-10-18)22(21-11-7-8-12-25-21)28-15-13-27(2)14-16-28/h4-12,17,22H,3,13-16H2,1-2H3,(H,26,29)/p+2/t22-/m1/s1. The molecule has 1 saturated heterocycles. The summed E-state index contributed by atoms with van der Waals surface area (Å²) < 4.78 is 0. The van der Waals surface area contributed by atoms with E-state index in [1.807, 2.05) is 42.6 Å². The number of hydrogen-bond donors (Lipinski definition) is 3. The third kappa shape index (κ3) is 4.61. The number of carbonyl (C=O) groups is 1. The molecule has 3 aromatic rings. The predicted octanol–water partition coefficient (Wildman–Crippen LogP) is 1.46. The third-order valence-corrected chi connectivity index (χ3v) is 7.08. The van der Waals surface area contributed by atoms with E-state index >= 15 is 0 Å². The fourth-order valence-corrected chi connectivity index (χ4v) is 5.16. The van der Waals surface area contributed by atoms with E-state index in [4.69, 9.17) is 4.98 Å². The molecule has 1 amide bonds. The maximum absolute atomic E-state index is 12.9. The fourth-order valence-electron chi connectivity index (χ4n) is 4.13. The summed E-state index contributed by atoms with van der Waals surface area (Å²) in [5.74, 6) is -0.0565. The van der Waals surface area contributed by atoms with Crippen molar-refractivity contribution in [3.8, 4) is 0 Å². The predicted molar refractivity (Wildman–Crippen MR) is 121 cm³/mol. The molecule has 1 atom stereocenters. The Morgan fingerprint density at radius 1 is 1.10 bits per heavy atom. The average molecular weight is 423 g/mol. The van der Waals surface area contributed by atoms with Crippen molar-refractivity contribution in [2.75, 3.05) is 38.5 Å². The highest BCUT2D eigenvalue weighted by Crippen LogP contribution is 2.34. The molecule has 0 spiro atoms. The monoisotopic (exact) mass is 422 g/mol. The number of carbonyl (C=O) groups excluding carboxylic acids is 1. The molecule has 0 radical (unpaired) electrons. The Morgan fingerprint density at radius 2 is 1.83 bits per heavy atom. The first-order valence-electron chi connectivity index (χ1n) is 10.7. The Kier molecular flexibility index (Phi) is 6.57. The highest BCUT2D eigenvalue weighted by atomic mass is 32.1. The van der Waals surface area contributed by atoms with Crippen LogP contribution >= 0.6 is 11.3 Å². The topological polar surface area (TPSA) is 50.9 Å². The van der Waals surface area contributed by atoms with Gasteiger partial charge in [0, 0.05) is 16.6 Å². The van der Waals surface area contributed by atoms with Gasteiger partial charge in [-0.3, -0.25) is 9.78 Å². The number of rotatable bonds is 6. The van der Waals surface area contributed by atoms with Gasteiger partial charge < -0.3 is 15.1 Å². The molecule has 30 heavy (non-hydrogen) atoms. The maximum atomic E-state index is 12.9. The van der Waals surface area contributed by atoms with Crippen LogP contribution in [0.15, 0.2) is 60.8 Å². The summed E-state index contributed by atoms with van der Waals surface area (Å²) in [6.45, 7) is 6.65. The molecule has 1 aliphatic heterocycles. The molecule has 2 aromatic heterocycles. The normalized spacial score (nSPS) is 19.9. The van der Waals surface area contributed by atoms with Crippen molar-refractivity contribution in [3.63, 3.8) is 0 Å². The lowest BCUT2D eigenvalue weighted by Gasteiger charge is -2.33. The third-order valence-electron chi connectivity index (χ3n) is 5.87. The molecule has 0 aliphatic carbocycles. The van der Waals surface area contributed by atoms with Crippen molar-refractivity contribution in [1.29, 1.82) is 0 Å². The molecule has 0 saturated carbocycles. The lowest BCUT2D eigenvalue weighted by Crippen LogP contribution is -3.27. The first-order chi connectivity index (χ1) is 14.7. The zero-order valence-electron chi connectivity index (χ0n) is 17.7. The van der Waals surface area contributed by atoms with Crippen LogP contribution in [-0.4, -0.2) is 44.1 Å². The minimum absolute atomic E-state index is 0.0565. The second-order valence-corrected chi connectivity index (χ2v) is 9.11. The Hall–Kier alpha value is -2.54. The number of pyridine rings is 1.